The molecule has 0 radical (unpaired) electrons. The highest BCUT2D eigenvalue weighted by Crippen LogP contribution is 2.48. The number of carbonyl (C=O) groups excluding carboxylic acids is 1. The molecule has 4 nitrogen and oxygen atoms in total. The Labute approximate surface area is 190 Å². The molecule has 4 rings (SSSR count). The third-order valence-corrected chi connectivity index (χ3v) is 10.4. The normalized spacial score (nSPS) is 27.5. The summed E-state index contributed by atoms with van der Waals surface area (Å²) in [5.41, 5.74) is 0.428. The molecular weight excluding hydrogens is 441 g/mol. The van der Waals surface area contributed by atoms with Gasteiger partial charge in [-0.05, 0) is 80.4 Å². The van der Waals surface area contributed by atoms with Crippen LogP contribution in [-0.2, 0) is 9.84 Å². The van der Waals surface area contributed by atoms with Crippen molar-refractivity contribution in [2.45, 2.75) is 69.5 Å². The molecule has 0 aromatic heterocycles. The first-order valence-electron chi connectivity index (χ1n) is 11.2. The fourth-order valence-corrected chi connectivity index (χ4v) is 7.82. The molecular formula is C23H31Cl2NO3S. The maximum absolute atomic E-state index is 12.9. The number of halogens is 2. The van der Waals surface area contributed by atoms with Crippen LogP contribution in [0.2, 0.25) is 10.0 Å². The first-order chi connectivity index (χ1) is 14.3. The van der Waals surface area contributed by atoms with Gasteiger partial charge in [-0.25, -0.2) is 8.42 Å². The predicted molar refractivity (Wildman–Crippen MR) is 122 cm³/mol. The molecule has 0 aliphatic heterocycles. The largest absolute Gasteiger partial charge is 0.351 e. The summed E-state index contributed by atoms with van der Waals surface area (Å²) in [4.78, 5) is 12.7. The van der Waals surface area contributed by atoms with E-state index in [2.05, 4.69) is 5.32 Å². The van der Waals surface area contributed by atoms with Crippen molar-refractivity contribution in [3.63, 3.8) is 0 Å². The minimum absolute atomic E-state index is 0.00177. The highest BCUT2D eigenvalue weighted by Gasteiger charge is 2.43. The van der Waals surface area contributed by atoms with E-state index < -0.39 is 9.84 Å². The third kappa shape index (κ3) is 5.34. The molecule has 3 aliphatic rings. The van der Waals surface area contributed by atoms with Crippen molar-refractivity contribution >= 4 is 38.9 Å². The number of sulfone groups is 1. The van der Waals surface area contributed by atoms with E-state index in [0.717, 1.165) is 50.9 Å². The van der Waals surface area contributed by atoms with Crippen molar-refractivity contribution < 1.29 is 13.2 Å². The van der Waals surface area contributed by atoms with Gasteiger partial charge in [-0.2, -0.15) is 0 Å². The number of rotatable bonds is 8. The summed E-state index contributed by atoms with van der Waals surface area (Å²) in [7, 11) is -3.01. The van der Waals surface area contributed by atoms with Crippen molar-refractivity contribution in [1.29, 1.82) is 0 Å². The molecule has 1 N–H and O–H groups in total. The van der Waals surface area contributed by atoms with E-state index in [1.807, 2.05) is 0 Å². The van der Waals surface area contributed by atoms with E-state index >= 15 is 0 Å². The van der Waals surface area contributed by atoms with Gasteiger partial charge in [-0.3, -0.25) is 4.79 Å². The summed E-state index contributed by atoms with van der Waals surface area (Å²) in [5, 5.41) is 3.74. The van der Waals surface area contributed by atoms with Gasteiger partial charge in [-0.15, -0.1) is 0 Å². The summed E-state index contributed by atoms with van der Waals surface area (Å²) in [6, 6.07) is 4.90. The minimum atomic E-state index is -3.01. The van der Waals surface area contributed by atoms with Crippen molar-refractivity contribution in [2.75, 3.05) is 12.3 Å². The molecule has 1 aromatic carbocycles. The van der Waals surface area contributed by atoms with Crippen LogP contribution in [-0.4, -0.2) is 31.9 Å². The quantitative estimate of drug-likeness (QED) is 0.531. The zero-order valence-electron chi connectivity index (χ0n) is 17.3. The molecule has 0 saturated heterocycles. The van der Waals surface area contributed by atoms with Crippen molar-refractivity contribution in [1.82, 2.24) is 5.32 Å². The lowest BCUT2D eigenvalue weighted by molar-refractivity contribution is 0.0895. The lowest BCUT2D eigenvalue weighted by Gasteiger charge is -2.41. The second kappa shape index (κ2) is 8.99. The Hall–Kier alpha value is -0.780. The summed E-state index contributed by atoms with van der Waals surface area (Å²) < 4.78 is 25.7. The summed E-state index contributed by atoms with van der Waals surface area (Å²) >= 11 is 12.1. The van der Waals surface area contributed by atoms with Crippen LogP contribution in [0.3, 0.4) is 0 Å². The number of hydrogen-bond acceptors (Lipinski definition) is 3. The molecule has 3 fully saturated rings. The second-order valence-electron chi connectivity index (χ2n) is 9.78. The molecule has 1 aromatic rings. The summed E-state index contributed by atoms with van der Waals surface area (Å²) in [6.07, 6.45) is 10.1. The predicted octanol–water partition coefficient (Wildman–Crippen LogP) is 5.67. The Morgan fingerprint density at radius 2 is 1.73 bits per heavy atom. The average molecular weight is 472 g/mol. The molecule has 3 saturated carbocycles. The maximum atomic E-state index is 12.9. The SMILES string of the molecule is O=C(NCC1(CC2CC2)CCC(S(=O)(=O)CC2CCC2)CC1)c1ccc(Cl)cc1Cl. The zero-order valence-corrected chi connectivity index (χ0v) is 19.7. The molecule has 0 unspecified atom stereocenters. The van der Waals surface area contributed by atoms with Crippen LogP contribution in [0.1, 0.15) is 74.6 Å². The van der Waals surface area contributed by atoms with E-state index in [4.69, 9.17) is 23.2 Å². The molecule has 1 amide bonds. The van der Waals surface area contributed by atoms with E-state index in [-0.39, 0.29) is 16.6 Å². The highest BCUT2D eigenvalue weighted by atomic mass is 35.5. The summed E-state index contributed by atoms with van der Waals surface area (Å²) in [5.74, 6) is 1.30. The highest BCUT2D eigenvalue weighted by molar-refractivity contribution is 7.92. The molecule has 0 atom stereocenters. The Kier molecular flexibility index (Phi) is 6.72. The average Bonchev–Trinajstić information content (AvgIpc) is 3.47. The number of carbonyl (C=O) groups is 1. The van der Waals surface area contributed by atoms with Gasteiger partial charge < -0.3 is 5.32 Å². The first kappa shape index (κ1) is 22.4. The lowest BCUT2D eigenvalue weighted by atomic mass is 9.70. The fourth-order valence-electron chi connectivity index (χ4n) is 5.11. The topological polar surface area (TPSA) is 63.2 Å². The van der Waals surface area contributed by atoms with Gasteiger partial charge in [0, 0.05) is 11.6 Å². The lowest BCUT2D eigenvalue weighted by Crippen LogP contribution is -2.43. The van der Waals surface area contributed by atoms with Gasteiger partial charge in [0.15, 0.2) is 9.84 Å². The third-order valence-electron chi connectivity index (χ3n) is 7.41. The molecule has 7 heteroatoms. The van der Waals surface area contributed by atoms with Crippen LogP contribution >= 0.6 is 23.2 Å². The van der Waals surface area contributed by atoms with Gasteiger partial charge in [0.2, 0.25) is 0 Å². The van der Waals surface area contributed by atoms with Gasteiger partial charge in [-0.1, -0.05) is 42.5 Å². The monoisotopic (exact) mass is 471 g/mol. The van der Waals surface area contributed by atoms with Gasteiger partial charge in [0.1, 0.15) is 0 Å². The number of hydrogen-bond donors (Lipinski definition) is 1. The molecule has 30 heavy (non-hydrogen) atoms. The van der Waals surface area contributed by atoms with Crippen LogP contribution < -0.4 is 5.32 Å². The van der Waals surface area contributed by atoms with Crippen LogP contribution in [0.4, 0.5) is 0 Å². The van der Waals surface area contributed by atoms with Crippen LogP contribution in [0, 0.1) is 17.3 Å². The molecule has 166 valence electrons. The molecule has 0 bridgehead atoms. The zero-order chi connectivity index (χ0) is 21.4. The van der Waals surface area contributed by atoms with Crippen molar-refractivity contribution in [3.8, 4) is 0 Å². The van der Waals surface area contributed by atoms with E-state index in [9.17, 15) is 13.2 Å². The van der Waals surface area contributed by atoms with E-state index in [1.54, 1.807) is 18.2 Å². The number of amides is 1. The van der Waals surface area contributed by atoms with E-state index in [0.29, 0.717) is 33.8 Å². The van der Waals surface area contributed by atoms with Gasteiger partial charge in [0.25, 0.3) is 5.91 Å². The Morgan fingerprint density at radius 3 is 2.30 bits per heavy atom. The molecule has 3 aliphatic carbocycles. The molecule has 0 spiro atoms. The standard InChI is InChI=1S/C23H31Cl2NO3S/c24-18-6-7-20(21(25)12-18)22(27)26-15-23(13-16-4-5-16)10-8-19(9-11-23)30(28,29)14-17-2-1-3-17/h6-7,12,16-17,19H,1-5,8-11,13-15H2,(H,26,27). The van der Waals surface area contributed by atoms with Crippen molar-refractivity contribution in [2.24, 2.45) is 17.3 Å². The first-order valence-corrected chi connectivity index (χ1v) is 13.7. The van der Waals surface area contributed by atoms with Crippen molar-refractivity contribution in [3.05, 3.63) is 33.8 Å². The minimum Gasteiger partial charge on any atom is -0.351 e. The second-order valence-corrected chi connectivity index (χ2v) is 12.9. The van der Waals surface area contributed by atoms with Crippen LogP contribution in [0.25, 0.3) is 0 Å². The number of nitrogens with one attached hydrogen (secondary N) is 1. The Bertz CT molecular complexity index is 886. The fraction of sp³-hybridized carbons (Fsp3) is 0.696. The van der Waals surface area contributed by atoms with Crippen LogP contribution in [0.15, 0.2) is 18.2 Å². The number of benzene rings is 1. The van der Waals surface area contributed by atoms with E-state index in [1.165, 1.54) is 19.3 Å². The summed E-state index contributed by atoms with van der Waals surface area (Å²) in [6.45, 7) is 0.580. The Morgan fingerprint density at radius 1 is 1.03 bits per heavy atom. The van der Waals surface area contributed by atoms with Gasteiger partial charge >= 0.3 is 0 Å². The van der Waals surface area contributed by atoms with Gasteiger partial charge in [0.05, 0.1) is 21.6 Å². The van der Waals surface area contributed by atoms with Crippen LogP contribution in [0.5, 0.6) is 0 Å². The smallest absolute Gasteiger partial charge is 0.252 e. The molecule has 0 heterocycles. The maximum Gasteiger partial charge on any atom is 0.252 e. The Balaban J connectivity index is 1.38.